The van der Waals surface area contributed by atoms with Gasteiger partial charge in [0.15, 0.2) is 0 Å². The normalized spacial score (nSPS) is 10.9. The first-order valence-corrected chi connectivity index (χ1v) is 8.03. The van der Waals surface area contributed by atoms with Gasteiger partial charge in [-0.15, -0.1) is 0 Å². The molecule has 0 aromatic rings. The van der Waals surface area contributed by atoms with Crippen molar-refractivity contribution in [3.63, 3.8) is 0 Å². The molecular formula is C16H33NO. The van der Waals surface area contributed by atoms with E-state index < -0.39 is 0 Å². The van der Waals surface area contributed by atoms with Crippen molar-refractivity contribution in [3.8, 4) is 0 Å². The summed E-state index contributed by atoms with van der Waals surface area (Å²) in [6.45, 7) is 7.29. The Bertz CT molecular complexity index is 188. The molecule has 0 heterocycles. The fourth-order valence-corrected chi connectivity index (χ4v) is 2.27. The third-order valence-corrected chi connectivity index (χ3v) is 3.69. The Morgan fingerprint density at radius 1 is 0.833 bits per heavy atom. The van der Waals surface area contributed by atoms with Crippen molar-refractivity contribution in [2.24, 2.45) is 5.92 Å². The summed E-state index contributed by atoms with van der Waals surface area (Å²) in [7, 11) is 0. The van der Waals surface area contributed by atoms with Crippen molar-refractivity contribution in [3.05, 3.63) is 0 Å². The molecule has 18 heavy (non-hydrogen) atoms. The third kappa shape index (κ3) is 9.49. The van der Waals surface area contributed by atoms with Gasteiger partial charge in [-0.3, -0.25) is 4.79 Å². The van der Waals surface area contributed by atoms with Crippen LogP contribution in [-0.2, 0) is 4.79 Å². The molecule has 108 valence electrons. The summed E-state index contributed by atoms with van der Waals surface area (Å²) in [5.74, 6) is 0.474. The molecule has 1 amide bonds. The Labute approximate surface area is 114 Å². The predicted molar refractivity (Wildman–Crippen MR) is 79.7 cm³/mol. The van der Waals surface area contributed by atoms with Crippen molar-refractivity contribution in [1.82, 2.24) is 5.32 Å². The molecule has 0 aliphatic heterocycles. The second kappa shape index (κ2) is 12.9. The van der Waals surface area contributed by atoms with Crippen molar-refractivity contribution in [1.29, 1.82) is 0 Å². The van der Waals surface area contributed by atoms with Crippen molar-refractivity contribution in [2.45, 2.75) is 85.0 Å². The SMILES string of the molecule is CCCCCCCCCCNC(=O)C(CC)CC. The maximum absolute atomic E-state index is 11.7. The van der Waals surface area contributed by atoms with Gasteiger partial charge in [-0.1, -0.05) is 65.7 Å². The molecule has 0 bridgehead atoms. The van der Waals surface area contributed by atoms with Crippen LogP contribution in [0.3, 0.4) is 0 Å². The summed E-state index contributed by atoms with van der Waals surface area (Å²) in [6.07, 6.45) is 12.5. The van der Waals surface area contributed by atoms with Gasteiger partial charge in [0.1, 0.15) is 0 Å². The summed E-state index contributed by atoms with van der Waals surface area (Å²) in [6, 6.07) is 0. The van der Waals surface area contributed by atoms with Crippen LogP contribution in [0, 0.1) is 5.92 Å². The first-order valence-electron chi connectivity index (χ1n) is 8.03. The molecule has 0 aromatic heterocycles. The lowest BCUT2D eigenvalue weighted by Gasteiger charge is -2.12. The van der Waals surface area contributed by atoms with Crippen LogP contribution in [-0.4, -0.2) is 12.5 Å². The van der Waals surface area contributed by atoms with E-state index in [4.69, 9.17) is 0 Å². The number of carbonyl (C=O) groups excluding carboxylic acids is 1. The number of nitrogens with one attached hydrogen (secondary N) is 1. The van der Waals surface area contributed by atoms with Crippen molar-refractivity contribution < 1.29 is 4.79 Å². The molecule has 0 unspecified atom stereocenters. The molecule has 0 saturated heterocycles. The van der Waals surface area contributed by atoms with Crippen LogP contribution >= 0.6 is 0 Å². The molecule has 0 aromatic carbocycles. The zero-order valence-corrected chi connectivity index (χ0v) is 12.8. The van der Waals surface area contributed by atoms with E-state index in [1.165, 1.54) is 44.9 Å². The predicted octanol–water partition coefficient (Wildman–Crippen LogP) is 4.68. The highest BCUT2D eigenvalue weighted by atomic mass is 16.1. The fourth-order valence-electron chi connectivity index (χ4n) is 2.27. The van der Waals surface area contributed by atoms with E-state index in [0.29, 0.717) is 0 Å². The number of hydrogen-bond acceptors (Lipinski definition) is 1. The van der Waals surface area contributed by atoms with Gasteiger partial charge in [-0.2, -0.15) is 0 Å². The molecule has 0 rings (SSSR count). The summed E-state index contributed by atoms with van der Waals surface area (Å²) >= 11 is 0. The second-order valence-electron chi connectivity index (χ2n) is 5.28. The Morgan fingerprint density at radius 3 is 1.83 bits per heavy atom. The standard InChI is InChI=1S/C16H33NO/c1-4-7-8-9-10-11-12-13-14-17-16(18)15(5-2)6-3/h15H,4-14H2,1-3H3,(H,17,18). The molecular weight excluding hydrogens is 222 g/mol. The Kier molecular flexibility index (Phi) is 12.5. The summed E-state index contributed by atoms with van der Waals surface area (Å²) in [5, 5.41) is 3.06. The lowest BCUT2D eigenvalue weighted by atomic mass is 10.0. The van der Waals surface area contributed by atoms with Gasteiger partial charge in [0.05, 0.1) is 0 Å². The number of unbranched alkanes of at least 4 members (excludes halogenated alkanes) is 7. The van der Waals surface area contributed by atoms with Crippen molar-refractivity contribution in [2.75, 3.05) is 6.54 Å². The number of rotatable bonds is 12. The van der Waals surface area contributed by atoms with Crippen LogP contribution in [0.5, 0.6) is 0 Å². The summed E-state index contributed by atoms with van der Waals surface area (Å²) in [4.78, 5) is 11.7. The monoisotopic (exact) mass is 255 g/mol. The van der Waals surface area contributed by atoms with Crippen LogP contribution in [0.2, 0.25) is 0 Å². The Hall–Kier alpha value is -0.530. The Balaban J connectivity index is 3.27. The van der Waals surface area contributed by atoms with Gasteiger partial charge in [0, 0.05) is 12.5 Å². The van der Waals surface area contributed by atoms with Gasteiger partial charge in [-0.25, -0.2) is 0 Å². The average Bonchev–Trinajstić information content (AvgIpc) is 2.38. The van der Waals surface area contributed by atoms with Crippen molar-refractivity contribution >= 4 is 5.91 Å². The highest BCUT2D eigenvalue weighted by Gasteiger charge is 2.12. The lowest BCUT2D eigenvalue weighted by Crippen LogP contribution is -2.30. The molecule has 0 spiro atoms. The van der Waals surface area contributed by atoms with Crippen LogP contribution < -0.4 is 5.32 Å². The minimum Gasteiger partial charge on any atom is -0.356 e. The van der Waals surface area contributed by atoms with E-state index >= 15 is 0 Å². The average molecular weight is 255 g/mol. The van der Waals surface area contributed by atoms with Crippen LogP contribution in [0.1, 0.15) is 85.0 Å². The van der Waals surface area contributed by atoms with Gasteiger partial charge < -0.3 is 5.32 Å². The summed E-state index contributed by atoms with van der Waals surface area (Å²) in [5.41, 5.74) is 0. The smallest absolute Gasteiger partial charge is 0.223 e. The highest BCUT2D eigenvalue weighted by Crippen LogP contribution is 2.09. The number of amides is 1. The second-order valence-corrected chi connectivity index (χ2v) is 5.28. The van der Waals surface area contributed by atoms with E-state index in [1.54, 1.807) is 0 Å². The van der Waals surface area contributed by atoms with Gasteiger partial charge in [0.25, 0.3) is 0 Å². The maximum Gasteiger partial charge on any atom is 0.223 e. The first kappa shape index (κ1) is 17.5. The maximum atomic E-state index is 11.7. The van der Waals surface area contributed by atoms with E-state index in [2.05, 4.69) is 26.1 Å². The lowest BCUT2D eigenvalue weighted by molar-refractivity contribution is -0.125. The molecule has 0 saturated carbocycles. The number of hydrogen-bond donors (Lipinski definition) is 1. The minimum absolute atomic E-state index is 0.221. The zero-order valence-electron chi connectivity index (χ0n) is 12.8. The largest absolute Gasteiger partial charge is 0.356 e. The van der Waals surface area contributed by atoms with Gasteiger partial charge in [0.2, 0.25) is 5.91 Å². The summed E-state index contributed by atoms with van der Waals surface area (Å²) < 4.78 is 0. The minimum atomic E-state index is 0.221. The third-order valence-electron chi connectivity index (χ3n) is 3.69. The molecule has 0 atom stereocenters. The zero-order chi connectivity index (χ0) is 13.6. The van der Waals surface area contributed by atoms with Gasteiger partial charge >= 0.3 is 0 Å². The molecule has 2 heteroatoms. The van der Waals surface area contributed by atoms with Crippen LogP contribution in [0.25, 0.3) is 0 Å². The number of carbonyl (C=O) groups is 1. The van der Waals surface area contributed by atoms with Gasteiger partial charge in [-0.05, 0) is 19.3 Å². The quantitative estimate of drug-likeness (QED) is 0.504. The van der Waals surface area contributed by atoms with Crippen LogP contribution in [0.15, 0.2) is 0 Å². The molecule has 0 radical (unpaired) electrons. The molecule has 2 nitrogen and oxygen atoms in total. The molecule has 0 aliphatic rings. The molecule has 1 N–H and O–H groups in total. The highest BCUT2D eigenvalue weighted by molar-refractivity contribution is 5.78. The Morgan fingerprint density at radius 2 is 1.33 bits per heavy atom. The van der Waals surface area contributed by atoms with E-state index in [-0.39, 0.29) is 11.8 Å². The topological polar surface area (TPSA) is 29.1 Å². The van der Waals surface area contributed by atoms with E-state index in [1.807, 2.05) is 0 Å². The van der Waals surface area contributed by atoms with E-state index in [0.717, 1.165) is 25.8 Å². The molecule has 0 aliphatic carbocycles. The van der Waals surface area contributed by atoms with E-state index in [9.17, 15) is 4.79 Å². The fraction of sp³-hybridized carbons (Fsp3) is 0.938. The van der Waals surface area contributed by atoms with Crippen LogP contribution in [0.4, 0.5) is 0 Å². The molecule has 0 fully saturated rings. The first-order chi connectivity index (χ1) is 8.76.